The molecule has 20 heavy (non-hydrogen) atoms. The zero-order valence-electron chi connectivity index (χ0n) is 12.7. The van der Waals surface area contributed by atoms with Gasteiger partial charge in [-0.05, 0) is 49.8 Å². The van der Waals surface area contributed by atoms with E-state index in [1.165, 1.54) is 37.0 Å². The maximum Gasteiger partial charge on any atom is 0.211 e. The topological polar surface area (TPSA) is 49.4 Å². The zero-order chi connectivity index (χ0) is 14.6. The summed E-state index contributed by atoms with van der Waals surface area (Å²) in [7, 11) is -3.01. The SMILES string of the molecule is CCCNC1CSCC1CC1CCCN(S(C)(=O)=O)C1. The van der Waals surface area contributed by atoms with Gasteiger partial charge in [-0.1, -0.05) is 6.92 Å². The summed E-state index contributed by atoms with van der Waals surface area (Å²) in [4.78, 5) is 0. The van der Waals surface area contributed by atoms with Crippen LogP contribution in [0, 0.1) is 11.8 Å². The van der Waals surface area contributed by atoms with Crippen molar-refractivity contribution in [3.63, 3.8) is 0 Å². The minimum absolute atomic E-state index is 0.549. The quantitative estimate of drug-likeness (QED) is 0.810. The normalized spacial score (nSPS) is 32.6. The van der Waals surface area contributed by atoms with E-state index in [1.54, 1.807) is 4.31 Å². The second-order valence-electron chi connectivity index (χ2n) is 6.22. The Morgan fingerprint density at radius 3 is 2.85 bits per heavy atom. The molecule has 2 aliphatic rings. The molecule has 118 valence electrons. The van der Waals surface area contributed by atoms with Gasteiger partial charge in [-0.3, -0.25) is 0 Å². The number of sulfonamides is 1. The van der Waals surface area contributed by atoms with Crippen molar-refractivity contribution in [1.82, 2.24) is 9.62 Å². The van der Waals surface area contributed by atoms with Crippen LogP contribution in [-0.2, 0) is 10.0 Å². The Hall–Kier alpha value is 0.220. The Morgan fingerprint density at radius 1 is 1.35 bits per heavy atom. The Labute approximate surface area is 128 Å². The fraction of sp³-hybridized carbons (Fsp3) is 1.00. The lowest BCUT2D eigenvalue weighted by Crippen LogP contribution is -2.42. The zero-order valence-corrected chi connectivity index (χ0v) is 14.3. The van der Waals surface area contributed by atoms with Crippen LogP contribution in [0.15, 0.2) is 0 Å². The van der Waals surface area contributed by atoms with Gasteiger partial charge in [-0.25, -0.2) is 12.7 Å². The van der Waals surface area contributed by atoms with Crippen molar-refractivity contribution in [1.29, 1.82) is 0 Å². The molecule has 2 rings (SSSR count). The fourth-order valence-corrected chi connectivity index (χ4v) is 5.73. The standard InChI is InChI=1S/C14H28N2O2S2/c1-3-6-15-14-11-19-10-13(14)8-12-5-4-7-16(9-12)20(2,17)18/h12-15H,3-11H2,1-2H3. The summed E-state index contributed by atoms with van der Waals surface area (Å²) in [5.41, 5.74) is 0. The largest absolute Gasteiger partial charge is 0.313 e. The van der Waals surface area contributed by atoms with Crippen LogP contribution >= 0.6 is 11.8 Å². The van der Waals surface area contributed by atoms with Crippen molar-refractivity contribution < 1.29 is 8.42 Å². The molecule has 2 heterocycles. The monoisotopic (exact) mass is 320 g/mol. The first-order valence-corrected chi connectivity index (χ1v) is 10.8. The minimum atomic E-state index is -3.01. The van der Waals surface area contributed by atoms with E-state index in [2.05, 4.69) is 12.2 Å². The third-order valence-corrected chi connectivity index (χ3v) is 6.97. The van der Waals surface area contributed by atoms with Gasteiger partial charge in [0.25, 0.3) is 0 Å². The van der Waals surface area contributed by atoms with Crippen LogP contribution < -0.4 is 5.32 Å². The number of thioether (sulfide) groups is 1. The van der Waals surface area contributed by atoms with Crippen LogP contribution in [0.1, 0.15) is 32.6 Å². The van der Waals surface area contributed by atoms with Crippen molar-refractivity contribution >= 4 is 21.8 Å². The molecule has 0 aromatic heterocycles. The average Bonchev–Trinajstić information content (AvgIpc) is 2.83. The van der Waals surface area contributed by atoms with Gasteiger partial charge >= 0.3 is 0 Å². The summed E-state index contributed by atoms with van der Waals surface area (Å²) >= 11 is 2.04. The molecular weight excluding hydrogens is 292 g/mol. The predicted molar refractivity (Wildman–Crippen MR) is 86.7 cm³/mol. The molecular formula is C14H28N2O2S2. The molecule has 0 radical (unpaired) electrons. The molecule has 3 atom stereocenters. The molecule has 0 aliphatic carbocycles. The van der Waals surface area contributed by atoms with Crippen molar-refractivity contribution in [3.8, 4) is 0 Å². The van der Waals surface area contributed by atoms with E-state index in [9.17, 15) is 8.42 Å². The second-order valence-corrected chi connectivity index (χ2v) is 9.28. The highest BCUT2D eigenvalue weighted by molar-refractivity contribution is 7.99. The highest BCUT2D eigenvalue weighted by Gasteiger charge is 2.32. The van der Waals surface area contributed by atoms with Gasteiger partial charge in [0.05, 0.1) is 6.26 Å². The first kappa shape index (κ1) is 16.6. The highest BCUT2D eigenvalue weighted by atomic mass is 32.2. The van der Waals surface area contributed by atoms with Gasteiger partial charge in [0.1, 0.15) is 0 Å². The highest BCUT2D eigenvalue weighted by Crippen LogP contribution is 2.33. The van der Waals surface area contributed by atoms with E-state index in [0.29, 0.717) is 18.5 Å². The van der Waals surface area contributed by atoms with E-state index in [4.69, 9.17) is 0 Å². The summed E-state index contributed by atoms with van der Waals surface area (Å²) in [6.07, 6.45) is 5.91. The van der Waals surface area contributed by atoms with E-state index in [0.717, 1.165) is 25.4 Å². The molecule has 2 fully saturated rings. The van der Waals surface area contributed by atoms with Gasteiger partial charge in [0.2, 0.25) is 10.0 Å². The predicted octanol–water partition coefficient (Wildman–Crippen LogP) is 1.78. The summed E-state index contributed by atoms with van der Waals surface area (Å²) < 4.78 is 25.0. The number of hydrogen-bond acceptors (Lipinski definition) is 4. The number of piperidine rings is 1. The van der Waals surface area contributed by atoms with Crippen LogP contribution in [0.4, 0.5) is 0 Å². The third-order valence-electron chi connectivity index (χ3n) is 4.44. The van der Waals surface area contributed by atoms with E-state index in [1.807, 2.05) is 11.8 Å². The van der Waals surface area contributed by atoms with Crippen molar-refractivity contribution in [2.45, 2.75) is 38.6 Å². The van der Waals surface area contributed by atoms with Crippen molar-refractivity contribution in [2.75, 3.05) is 37.4 Å². The maximum absolute atomic E-state index is 11.7. The lowest BCUT2D eigenvalue weighted by atomic mass is 9.86. The van der Waals surface area contributed by atoms with E-state index >= 15 is 0 Å². The first-order valence-electron chi connectivity index (χ1n) is 7.77. The molecule has 0 aromatic rings. The van der Waals surface area contributed by atoms with Crippen LogP contribution in [0.25, 0.3) is 0 Å². The van der Waals surface area contributed by atoms with E-state index < -0.39 is 10.0 Å². The number of nitrogens with zero attached hydrogens (tertiary/aromatic N) is 1. The first-order chi connectivity index (χ1) is 9.50. The molecule has 0 aromatic carbocycles. The van der Waals surface area contributed by atoms with Crippen molar-refractivity contribution in [3.05, 3.63) is 0 Å². The smallest absolute Gasteiger partial charge is 0.211 e. The van der Waals surface area contributed by atoms with Gasteiger partial charge in [-0.15, -0.1) is 0 Å². The Morgan fingerprint density at radius 2 is 2.15 bits per heavy atom. The van der Waals surface area contributed by atoms with Crippen LogP contribution in [0.2, 0.25) is 0 Å². The Balaban J connectivity index is 1.86. The van der Waals surface area contributed by atoms with Gasteiger partial charge in [-0.2, -0.15) is 11.8 Å². The molecule has 0 amide bonds. The number of rotatable bonds is 6. The average molecular weight is 321 g/mol. The molecule has 0 bridgehead atoms. The maximum atomic E-state index is 11.7. The molecule has 6 heteroatoms. The summed E-state index contributed by atoms with van der Waals surface area (Å²) in [6, 6.07) is 0.633. The second kappa shape index (κ2) is 7.47. The summed E-state index contributed by atoms with van der Waals surface area (Å²) in [5.74, 6) is 3.72. The Kier molecular flexibility index (Phi) is 6.20. The molecule has 3 unspecified atom stereocenters. The molecule has 1 N–H and O–H groups in total. The fourth-order valence-electron chi connectivity index (χ4n) is 3.33. The van der Waals surface area contributed by atoms with Gasteiger partial charge < -0.3 is 5.32 Å². The lowest BCUT2D eigenvalue weighted by Gasteiger charge is -2.33. The van der Waals surface area contributed by atoms with Gasteiger partial charge in [0.15, 0.2) is 0 Å². The number of hydrogen-bond donors (Lipinski definition) is 1. The van der Waals surface area contributed by atoms with Crippen LogP contribution in [0.5, 0.6) is 0 Å². The molecule has 2 saturated heterocycles. The summed E-state index contributed by atoms with van der Waals surface area (Å²) in [6.45, 7) is 4.75. The summed E-state index contributed by atoms with van der Waals surface area (Å²) in [5, 5.41) is 3.66. The minimum Gasteiger partial charge on any atom is -0.313 e. The third kappa shape index (κ3) is 4.61. The molecule has 0 saturated carbocycles. The molecule has 0 spiro atoms. The van der Waals surface area contributed by atoms with Crippen LogP contribution in [-0.4, -0.2) is 56.2 Å². The van der Waals surface area contributed by atoms with E-state index in [-0.39, 0.29) is 0 Å². The van der Waals surface area contributed by atoms with Crippen molar-refractivity contribution in [2.24, 2.45) is 11.8 Å². The van der Waals surface area contributed by atoms with Crippen LogP contribution in [0.3, 0.4) is 0 Å². The lowest BCUT2D eigenvalue weighted by molar-refractivity contribution is 0.225. The van der Waals surface area contributed by atoms with Gasteiger partial charge in [0, 0.05) is 24.9 Å². The molecule has 2 aliphatic heterocycles. The molecule has 4 nitrogen and oxygen atoms in total. The number of nitrogens with one attached hydrogen (secondary N) is 1. The Bertz CT molecular complexity index is 400.